The molecule has 0 aliphatic carbocycles. The van der Waals surface area contributed by atoms with Gasteiger partial charge < -0.3 is 20.1 Å². The number of carbonyl (C=O) groups excluding carboxylic acids is 1. The number of amides is 2. The number of nitrogens with one attached hydrogen (secondary N) is 2. The summed E-state index contributed by atoms with van der Waals surface area (Å²) >= 11 is 0. The number of methoxy groups -OCH3 is 2. The molecule has 144 valence electrons. The third kappa shape index (κ3) is 4.89. The zero-order valence-electron chi connectivity index (χ0n) is 15.8. The van der Waals surface area contributed by atoms with Crippen molar-refractivity contribution < 1.29 is 14.3 Å². The molecule has 27 heavy (non-hydrogen) atoms. The quantitative estimate of drug-likeness (QED) is 0.783. The van der Waals surface area contributed by atoms with Crippen LogP contribution >= 0.6 is 0 Å². The number of benzene rings is 1. The number of hydrogen-bond acceptors (Lipinski definition) is 5. The van der Waals surface area contributed by atoms with Crippen LogP contribution in [0.3, 0.4) is 0 Å². The highest BCUT2D eigenvalue weighted by atomic mass is 16.5. The first-order valence-electron chi connectivity index (χ1n) is 9.13. The summed E-state index contributed by atoms with van der Waals surface area (Å²) in [5, 5.41) is 5.78. The van der Waals surface area contributed by atoms with Crippen LogP contribution in [-0.4, -0.2) is 49.8 Å². The number of rotatable bonds is 7. The van der Waals surface area contributed by atoms with Crippen LogP contribution in [-0.2, 0) is 0 Å². The van der Waals surface area contributed by atoms with Crippen LogP contribution in [0.5, 0.6) is 11.6 Å². The largest absolute Gasteiger partial charge is 0.497 e. The maximum absolute atomic E-state index is 12.4. The minimum Gasteiger partial charge on any atom is -0.497 e. The molecular weight excluding hydrogens is 344 g/mol. The van der Waals surface area contributed by atoms with E-state index in [0.717, 1.165) is 24.4 Å². The molecule has 2 heterocycles. The molecule has 2 N–H and O–H groups in total. The van der Waals surface area contributed by atoms with Crippen molar-refractivity contribution in [2.24, 2.45) is 0 Å². The van der Waals surface area contributed by atoms with Gasteiger partial charge in [0.1, 0.15) is 11.4 Å². The van der Waals surface area contributed by atoms with E-state index in [1.165, 1.54) is 20.0 Å². The maximum atomic E-state index is 12.4. The van der Waals surface area contributed by atoms with Crippen LogP contribution in [0.4, 0.5) is 10.5 Å². The van der Waals surface area contributed by atoms with Crippen molar-refractivity contribution in [3.8, 4) is 11.6 Å². The molecule has 2 aromatic rings. The third-order valence-electron chi connectivity index (χ3n) is 4.73. The van der Waals surface area contributed by atoms with Crippen molar-refractivity contribution in [2.75, 3.05) is 39.2 Å². The lowest BCUT2D eigenvalue weighted by atomic mass is 10.1. The summed E-state index contributed by atoms with van der Waals surface area (Å²) in [5.74, 6) is 1.21. The fraction of sp³-hybridized carbons (Fsp3) is 0.400. The lowest BCUT2D eigenvalue weighted by Gasteiger charge is -2.28. The van der Waals surface area contributed by atoms with Gasteiger partial charge in [-0.1, -0.05) is 12.1 Å². The number of likely N-dealkylation sites (tertiary alicyclic amines) is 1. The summed E-state index contributed by atoms with van der Waals surface area (Å²) < 4.78 is 10.5. The Hall–Kier alpha value is -2.80. The normalized spacial score (nSPS) is 15.2. The molecule has 0 radical (unpaired) electrons. The van der Waals surface area contributed by atoms with Gasteiger partial charge in [0.05, 0.1) is 20.3 Å². The fourth-order valence-electron chi connectivity index (χ4n) is 3.36. The van der Waals surface area contributed by atoms with Gasteiger partial charge in [-0.25, -0.2) is 9.78 Å². The number of carbonyl (C=O) groups is 1. The van der Waals surface area contributed by atoms with Gasteiger partial charge in [-0.05, 0) is 55.8 Å². The monoisotopic (exact) mass is 370 g/mol. The van der Waals surface area contributed by atoms with Crippen LogP contribution in [0.15, 0.2) is 42.6 Å². The van der Waals surface area contributed by atoms with E-state index < -0.39 is 0 Å². The number of nitrogens with zero attached hydrogens (tertiary/aromatic N) is 2. The maximum Gasteiger partial charge on any atom is 0.319 e. The van der Waals surface area contributed by atoms with E-state index in [9.17, 15) is 4.79 Å². The minimum atomic E-state index is -0.284. The molecule has 1 saturated heterocycles. The SMILES string of the molecule is COc1cccc(C(CNC(=O)Nc2cccnc2OC)N2CCCC2)c1. The first-order chi connectivity index (χ1) is 13.2. The molecule has 1 fully saturated rings. The molecule has 1 aromatic heterocycles. The molecule has 1 unspecified atom stereocenters. The predicted molar refractivity (Wildman–Crippen MR) is 104 cm³/mol. The number of aromatic nitrogens is 1. The average Bonchev–Trinajstić information content (AvgIpc) is 3.23. The van der Waals surface area contributed by atoms with Crippen molar-refractivity contribution in [1.29, 1.82) is 0 Å². The Morgan fingerprint density at radius 3 is 2.74 bits per heavy atom. The zero-order valence-corrected chi connectivity index (χ0v) is 15.8. The fourth-order valence-corrected chi connectivity index (χ4v) is 3.36. The Bertz CT molecular complexity index is 762. The van der Waals surface area contributed by atoms with Gasteiger partial charge in [-0.15, -0.1) is 0 Å². The highest BCUT2D eigenvalue weighted by Crippen LogP contribution is 2.27. The molecule has 2 amide bonds. The third-order valence-corrected chi connectivity index (χ3v) is 4.73. The van der Waals surface area contributed by atoms with Crippen LogP contribution in [0.2, 0.25) is 0 Å². The number of pyridine rings is 1. The second kappa shape index (κ2) is 9.23. The van der Waals surface area contributed by atoms with Crippen molar-refractivity contribution in [2.45, 2.75) is 18.9 Å². The van der Waals surface area contributed by atoms with Crippen molar-refractivity contribution in [1.82, 2.24) is 15.2 Å². The van der Waals surface area contributed by atoms with Gasteiger partial charge >= 0.3 is 6.03 Å². The van der Waals surface area contributed by atoms with Gasteiger partial charge in [-0.3, -0.25) is 4.90 Å². The number of ether oxygens (including phenoxy) is 2. The summed E-state index contributed by atoms with van der Waals surface area (Å²) in [6.45, 7) is 2.56. The van der Waals surface area contributed by atoms with Crippen molar-refractivity contribution in [3.63, 3.8) is 0 Å². The highest BCUT2D eigenvalue weighted by Gasteiger charge is 2.24. The van der Waals surface area contributed by atoms with Crippen LogP contribution in [0, 0.1) is 0 Å². The molecule has 7 heteroatoms. The summed E-state index contributed by atoms with van der Waals surface area (Å²) in [6.07, 6.45) is 3.98. The van der Waals surface area contributed by atoms with Crippen LogP contribution < -0.4 is 20.1 Å². The van der Waals surface area contributed by atoms with Gasteiger partial charge in [0.15, 0.2) is 0 Å². The molecule has 0 spiro atoms. The van der Waals surface area contributed by atoms with Crippen LogP contribution in [0.1, 0.15) is 24.4 Å². The Labute approximate surface area is 159 Å². The molecule has 0 bridgehead atoms. The van der Waals surface area contributed by atoms with Crippen LogP contribution in [0.25, 0.3) is 0 Å². The Kier molecular flexibility index (Phi) is 6.49. The summed E-state index contributed by atoms with van der Waals surface area (Å²) in [7, 11) is 3.19. The van der Waals surface area contributed by atoms with E-state index in [1.54, 1.807) is 25.4 Å². The topological polar surface area (TPSA) is 75.7 Å². The van der Waals surface area contributed by atoms with Gasteiger partial charge in [0.25, 0.3) is 0 Å². The molecule has 1 aromatic carbocycles. The molecule has 1 aliphatic rings. The second-order valence-electron chi connectivity index (χ2n) is 6.43. The molecule has 1 aliphatic heterocycles. The van der Waals surface area contributed by atoms with Crippen molar-refractivity contribution >= 4 is 11.7 Å². The van der Waals surface area contributed by atoms with Gasteiger partial charge in [0.2, 0.25) is 5.88 Å². The summed E-state index contributed by atoms with van der Waals surface area (Å²) in [4.78, 5) is 18.9. The lowest BCUT2D eigenvalue weighted by molar-refractivity contribution is 0.227. The summed E-state index contributed by atoms with van der Waals surface area (Å²) in [6, 6.07) is 11.4. The Morgan fingerprint density at radius 2 is 2.00 bits per heavy atom. The van der Waals surface area contributed by atoms with Gasteiger partial charge in [-0.2, -0.15) is 0 Å². The van der Waals surface area contributed by atoms with E-state index in [4.69, 9.17) is 9.47 Å². The van der Waals surface area contributed by atoms with E-state index in [-0.39, 0.29) is 12.1 Å². The lowest BCUT2D eigenvalue weighted by Crippen LogP contribution is -2.38. The Balaban J connectivity index is 1.68. The van der Waals surface area contributed by atoms with Crippen molar-refractivity contribution in [3.05, 3.63) is 48.2 Å². The number of hydrogen-bond donors (Lipinski definition) is 2. The molecule has 3 rings (SSSR count). The van der Waals surface area contributed by atoms with E-state index in [0.29, 0.717) is 18.1 Å². The molecule has 1 atom stereocenters. The number of anilines is 1. The minimum absolute atomic E-state index is 0.101. The van der Waals surface area contributed by atoms with E-state index in [2.05, 4.69) is 26.6 Å². The molecule has 7 nitrogen and oxygen atoms in total. The second-order valence-corrected chi connectivity index (χ2v) is 6.43. The average molecular weight is 370 g/mol. The Morgan fingerprint density at radius 1 is 1.19 bits per heavy atom. The first-order valence-corrected chi connectivity index (χ1v) is 9.13. The predicted octanol–water partition coefficient (Wildman–Crippen LogP) is 3.06. The molecular formula is C20H26N4O3. The highest BCUT2D eigenvalue weighted by molar-refractivity contribution is 5.90. The standard InChI is InChI=1S/C20H26N4O3/c1-26-16-8-5-7-15(13-16)18(24-11-3-4-12-24)14-22-20(25)23-17-9-6-10-21-19(17)27-2/h5-10,13,18H,3-4,11-12,14H2,1-2H3,(H2,22,23,25). The zero-order chi connectivity index (χ0) is 19.1. The summed E-state index contributed by atoms with van der Waals surface area (Å²) in [5.41, 5.74) is 1.67. The molecule has 0 saturated carbocycles. The van der Waals surface area contributed by atoms with E-state index >= 15 is 0 Å². The number of urea groups is 1. The smallest absolute Gasteiger partial charge is 0.319 e. The van der Waals surface area contributed by atoms with Gasteiger partial charge in [0, 0.05) is 12.7 Å². The first kappa shape index (κ1) is 19.0. The van der Waals surface area contributed by atoms with E-state index in [1.807, 2.05) is 18.2 Å².